The number of hydrogen-bond donors (Lipinski definition) is 2. The lowest BCUT2D eigenvalue weighted by molar-refractivity contribution is 0.677. The third-order valence-corrected chi connectivity index (χ3v) is 4.14. The van der Waals surface area contributed by atoms with E-state index in [1.807, 2.05) is 41.1 Å². The fourth-order valence-electron chi connectivity index (χ4n) is 2.78. The summed E-state index contributed by atoms with van der Waals surface area (Å²) in [4.78, 5) is 4.30. The second-order valence-corrected chi connectivity index (χ2v) is 6.10. The summed E-state index contributed by atoms with van der Waals surface area (Å²) in [5.41, 5.74) is 3.69. The number of aryl methyl sites for hydroxylation is 1. The van der Waals surface area contributed by atoms with Gasteiger partial charge >= 0.3 is 0 Å². The molecule has 0 saturated heterocycles. The molecule has 3 rings (SSSR count). The molecule has 0 bridgehead atoms. The molecule has 2 heterocycles. The van der Waals surface area contributed by atoms with Crippen LogP contribution in [0.5, 0.6) is 0 Å². The first-order chi connectivity index (χ1) is 12.7. The van der Waals surface area contributed by atoms with Gasteiger partial charge in [-0.3, -0.25) is 14.4 Å². The molecule has 7 heteroatoms. The van der Waals surface area contributed by atoms with Crippen molar-refractivity contribution < 1.29 is 0 Å². The number of guanidine groups is 1. The monoisotopic (exact) mass is 351 g/mol. The summed E-state index contributed by atoms with van der Waals surface area (Å²) in [5.74, 6) is 0.794. The molecule has 2 N–H and O–H groups in total. The number of aliphatic imine (C=N–C) groups is 1. The maximum absolute atomic E-state index is 4.30. The molecule has 0 aliphatic carbocycles. The summed E-state index contributed by atoms with van der Waals surface area (Å²) in [6, 6.07) is 10.3. The van der Waals surface area contributed by atoms with Crippen molar-refractivity contribution >= 4 is 5.96 Å². The summed E-state index contributed by atoms with van der Waals surface area (Å²) in [7, 11) is 3.72. The molecule has 0 aliphatic heterocycles. The van der Waals surface area contributed by atoms with E-state index in [9.17, 15) is 0 Å². The highest BCUT2D eigenvalue weighted by atomic mass is 15.3. The molecule has 0 radical (unpaired) electrons. The first-order valence-corrected chi connectivity index (χ1v) is 8.71. The second-order valence-electron chi connectivity index (χ2n) is 6.10. The Morgan fingerprint density at radius 3 is 2.65 bits per heavy atom. The zero-order valence-electron chi connectivity index (χ0n) is 15.3. The molecule has 26 heavy (non-hydrogen) atoms. The van der Waals surface area contributed by atoms with Crippen LogP contribution in [0, 0.1) is 0 Å². The van der Waals surface area contributed by atoms with Crippen LogP contribution in [0.3, 0.4) is 0 Å². The molecular formula is C19H25N7. The van der Waals surface area contributed by atoms with Crippen LogP contribution in [0.25, 0.3) is 0 Å². The van der Waals surface area contributed by atoms with Crippen LogP contribution in [0.2, 0.25) is 0 Å². The molecular weight excluding hydrogens is 326 g/mol. The van der Waals surface area contributed by atoms with Crippen LogP contribution in [-0.2, 0) is 26.6 Å². The van der Waals surface area contributed by atoms with Crippen molar-refractivity contribution in [3.8, 4) is 0 Å². The summed E-state index contributed by atoms with van der Waals surface area (Å²) in [6.45, 7) is 2.28. The summed E-state index contributed by atoms with van der Waals surface area (Å²) < 4.78 is 3.75. The highest BCUT2D eigenvalue weighted by Gasteiger charge is 2.05. The number of rotatable bonds is 7. The lowest BCUT2D eigenvalue weighted by Gasteiger charge is -2.14. The molecule has 136 valence electrons. The summed E-state index contributed by atoms with van der Waals surface area (Å²) in [6.07, 6.45) is 8.61. The molecule has 0 saturated carbocycles. The third-order valence-electron chi connectivity index (χ3n) is 4.14. The fourth-order valence-corrected chi connectivity index (χ4v) is 2.78. The Morgan fingerprint density at radius 1 is 1.12 bits per heavy atom. The lowest BCUT2D eigenvalue weighted by Crippen LogP contribution is -2.38. The molecule has 0 spiro atoms. The largest absolute Gasteiger partial charge is 0.356 e. The maximum Gasteiger partial charge on any atom is 0.191 e. The Bertz CT molecular complexity index is 833. The normalized spacial score (nSPS) is 11.5. The lowest BCUT2D eigenvalue weighted by atomic mass is 10.1. The Hall–Kier alpha value is -3.09. The van der Waals surface area contributed by atoms with Crippen LogP contribution in [-0.4, -0.2) is 39.1 Å². The molecule has 0 fully saturated rings. The topological polar surface area (TPSA) is 72.1 Å². The van der Waals surface area contributed by atoms with Gasteiger partial charge in [0.25, 0.3) is 0 Å². The number of benzene rings is 1. The van der Waals surface area contributed by atoms with Crippen molar-refractivity contribution in [2.75, 3.05) is 13.6 Å². The van der Waals surface area contributed by atoms with E-state index in [2.05, 4.69) is 50.1 Å². The molecule has 0 amide bonds. The Morgan fingerprint density at radius 2 is 1.96 bits per heavy atom. The number of nitrogens with one attached hydrogen (secondary N) is 2. The van der Waals surface area contributed by atoms with E-state index in [0.717, 1.165) is 25.5 Å². The highest BCUT2D eigenvalue weighted by molar-refractivity contribution is 5.79. The van der Waals surface area contributed by atoms with Crippen LogP contribution >= 0.6 is 0 Å². The first kappa shape index (κ1) is 17.7. The fraction of sp³-hybridized carbons (Fsp3) is 0.316. The zero-order chi connectivity index (χ0) is 18.2. The predicted molar refractivity (Wildman–Crippen MR) is 103 cm³/mol. The molecule has 7 nitrogen and oxygen atoms in total. The molecule has 2 aromatic heterocycles. The van der Waals surface area contributed by atoms with Crippen molar-refractivity contribution in [1.29, 1.82) is 0 Å². The Kier molecular flexibility index (Phi) is 6.03. The van der Waals surface area contributed by atoms with Crippen LogP contribution in [0.1, 0.15) is 16.7 Å². The van der Waals surface area contributed by atoms with Crippen molar-refractivity contribution in [3.05, 3.63) is 71.8 Å². The molecule has 0 aliphatic rings. The Balaban J connectivity index is 1.52. The van der Waals surface area contributed by atoms with Gasteiger partial charge in [0, 0.05) is 45.8 Å². The van der Waals surface area contributed by atoms with Crippen LogP contribution < -0.4 is 10.6 Å². The van der Waals surface area contributed by atoms with Crippen molar-refractivity contribution in [1.82, 2.24) is 30.2 Å². The van der Waals surface area contributed by atoms with E-state index in [1.165, 1.54) is 16.7 Å². The quantitative estimate of drug-likeness (QED) is 0.501. The van der Waals surface area contributed by atoms with Gasteiger partial charge in [0.05, 0.1) is 12.7 Å². The van der Waals surface area contributed by atoms with Gasteiger partial charge in [-0.2, -0.15) is 10.2 Å². The average molecular weight is 351 g/mol. The standard InChI is InChI=1S/C19H25N7/c1-20-19(21-10-8-16-12-24-25(2)14-16)22-13-17-6-3-4-7-18(17)15-26-11-5-9-23-26/h3-7,9,11-12,14H,8,10,13,15H2,1-2H3,(H2,20,21,22). The Labute approximate surface area is 153 Å². The van der Waals surface area contributed by atoms with Gasteiger partial charge in [-0.15, -0.1) is 0 Å². The molecule has 0 unspecified atom stereocenters. The maximum atomic E-state index is 4.30. The minimum absolute atomic E-state index is 0.712. The second kappa shape index (κ2) is 8.84. The first-order valence-electron chi connectivity index (χ1n) is 8.71. The minimum atomic E-state index is 0.712. The van der Waals surface area contributed by atoms with Gasteiger partial charge in [-0.05, 0) is 29.2 Å². The van der Waals surface area contributed by atoms with Gasteiger partial charge in [0.1, 0.15) is 0 Å². The van der Waals surface area contributed by atoms with Crippen LogP contribution in [0.15, 0.2) is 60.1 Å². The van der Waals surface area contributed by atoms with E-state index in [-0.39, 0.29) is 0 Å². The van der Waals surface area contributed by atoms with E-state index in [0.29, 0.717) is 6.54 Å². The van der Waals surface area contributed by atoms with Gasteiger partial charge in [-0.1, -0.05) is 24.3 Å². The molecule has 0 atom stereocenters. The van der Waals surface area contributed by atoms with Gasteiger partial charge in [0.15, 0.2) is 5.96 Å². The van der Waals surface area contributed by atoms with Crippen molar-refractivity contribution in [3.63, 3.8) is 0 Å². The summed E-state index contributed by atoms with van der Waals surface area (Å²) in [5, 5.41) is 15.2. The van der Waals surface area contributed by atoms with Gasteiger partial charge in [-0.25, -0.2) is 0 Å². The van der Waals surface area contributed by atoms with E-state index in [4.69, 9.17) is 0 Å². The number of nitrogens with zero attached hydrogens (tertiary/aromatic N) is 5. The van der Waals surface area contributed by atoms with Gasteiger partial charge < -0.3 is 10.6 Å². The SMILES string of the molecule is CN=C(NCCc1cnn(C)c1)NCc1ccccc1Cn1cccn1. The van der Waals surface area contributed by atoms with Crippen LogP contribution in [0.4, 0.5) is 0 Å². The van der Waals surface area contributed by atoms with Crippen molar-refractivity contribution in [2.24, 2.45) is 12.0 Å². The predicted octanol–water partition coefficient (Wildman–Crippen LogP) is 1.57. The summed E-state index contributed by atoms with van der Waals surface area (Å²) >= 11 is 0. The highest BCUT2D eigenvalue weighted by Crippen LogP contribution is 2.10. The van der Waals surface area contributed by atoms with E-state index >= 15 is 0 Å². The number of hydrogen-bond acceptors (Lipinski definition) is 3. The minimum Gasteiger partial charge on any atom is -0.356 e. The number of aromatic nitrogens is 4. The van der Waals surface area contributed by atoms with E-state index in [1.54, 1.807) is 13.2 Å². The molecule has 3 aromatic rings. The zero-order valence-corrected chi connectivity index (χ0v) is 15.3. The van der Waals surface area contributed by atoms with E-state index < -0.39 is 0 Å². The average Bonchev–Trinajstić information content (AvgIpc) is 3.31. The van der Waals surface area contributed by atoms with Gasteiger partial charge in [0.2, 0.25) is 0 Å². The smallest absolute Gasteiger partial charge is 0.191 e. The third kappa shape index (κ3) is 4.95. The molecule has 1 aromatic carbocycles. The van der Waals surface area contributed by atoms with Crippen molar-refractivity contribution in [2.45, 2.75) is 19.5 Å².